The molecule has 57 heavy (non-hydrogen) atoms. The Morgan fingerprint density at radius 3 is 0.965 bits per heavy atom. The average Bonchev–Trinajstić information content (AvgIpc) is 3.70. The number of hydrogen-bond acceptors (Lipinski definition) is 7. The minimum atomic E-state index is 0.511. The first-order chi connectivity index (χ1) is 28.2. The Morgan fingerprint density at radius 1 is 0.263 bits per heavy atom. The van der Waals surface area contributed by atoms with Crippen molar-refractivity contribution < 1.29 is 0 Å². The van der Waals surface area contributed by atoms with Crippen molar-refractivity contribution in [2.75, 3.05) is 0 Å². The molecule has 0 amide bonds. The van der Waals surface area contributed by atoms with Crippen LogP contribution in [0.4, 0.5) is 0 Å². The number of imidazole rings is 1. The summed E-state index contributed by atoms with van der Waals surface area (Å²) < 4.78 is 2.19. The zero-order valence-corrected chi connectivity index (χ0v) is 30.6. The van der Waals surface area contributed by atoms with Crippen molar-refractivity contribution in [1.29, 1.82) is 0 Å². The van der Waals surface area contributed by atoms with Gasteiger partial charge in [-0.3, -0.25) is 4.57 Å². The van der Waals surface area contributed by atoms with Crippen molar-refractivity contribution in [3.8, 4) is 85.4 Å². The molecule has 8 heteroatoms. The fourth-order valence-electron chi connectivity index (χ4n) is 6.94. The number of fused-ring (bicyclic) bond motifs is 1. The summed E-state index contributed by atoms with van der Waals surface area (Å²) >= 11 is 0. The van der Waals surface area contributed by atoms with Gasteiger partial charge < -0.3 is 0 Å². The van der Waals surface area contributed by atoms with Crippen molar-refractivity contribution in [2.45, 2.75) is 0 Å². The number of rotatable bonds is 8. The molecule has 10 rings (SSSR count). The van der Waals surface area contributed by atoms with Crippen LogP contribution < -0.4 is 0 Å². The first-order valence-corrected chi connectivity index (χ1v) is 18.7. The highest BCUT2D eigenvalue weighted by molar-refractivity contribution is 5.85. The van der Waals surface area contributed by atoms with Gasteiger partial charge in [-0.2, -0.15) is 0 Å². The maximum Gasteiger partial charge on any atom is 0.164 e. The van der Waals surface area contributed by atoms with Crippen molar-refractivity contribution >= 4 is 11.0 Å². The molecule has 7 aromatic carbocycles. The van der Waals surface area contributed by atoms with Crippen LogP contribution in [0.2, 0.25) is 0 Å². The Kier molecular flexibility index (Phi) is 8.66. The van der Waals surface area contributed by atoms with E-state index in [2.05, 4.69) is 41.0 Å². The smallest absolute Gasteiger partial charge is 0.164 e. The maximum atomic E-state index is 5.16. The predicted octanol–water partition coefficient (Wildman–Crippen LogP) is 11.1. The topological polar surface area (TPSA) is 95.2 Å². The Hall–Kier alpha value is -7.97. The summed E-state index contributed by atoms with van der Waals surface area (Å²) in [6, 6.07) is 64.7. The van der Waals surface area contributed by atoms with Gasteiger partial charge in [-0.25, -0.2) is 34.9 Å². The van der Waals surface area contributed by atoms with Crippen LogP contribution in [0.3, 0.4) is 0 Å². The van der Waals surface area contributed by atoms with Gasteiger partial charge in [-0.05, 0) is 30.3 Å². The molecule has 10 aromatic rings. The quantitative estimate of drug-likeness (QED) is 0.153. The number of nitrogens with zero attached hydrogens (tertiary/aromatic N) is 8. The van der Waals surface area contributed by atoms with E-state index < -0.39 is 0 Å². The van der Waals surface area contributed by atoms with Gasteiger partial charge >= 0.3 is 0 Å². The van der Waals surface area contributed by atoms with Crippen LogP contribution in [-0.4, -0.2) is 39.5 Å². The molecule has 3 aromatic heterocycles. The molecule has 0 radical (unpaired) electrons. The summed E-state index contributed by atoms with van der Waals surface area (Å²) in [5, 5.41) is 0. The lowest BCUT2D eigenvalue weighted by Crippen LogP contribution is -2.04. The van der Waals surface area contributed by atoms with Gasteiger partial charge in [-0.15, -0.1) is 0 Å². The second kappa shape index (κ2) is 14.7. The van der Waals surface area contributed by atoms with E-state index in [0.717, 1.165) is 61.5 Å². The summed E-state index contributed by atoms with van der Waals surface area (Å²) in [5.74, 6) is 4.11. The second-order valence-corrected chi connectivity index (χ2v) is 13.5. The minimum Gasteiger partial charge on any atom is -0.292 e. The number of benzene rings is 7. The lowest BCUT2D eigenvalue weighted by Gasteiger charge is -2.15. The molecule has 268 valence electrons. The van der Waals surface area contributed by atoms with E-state index in [1.165, 1.54) is 0 Å². The summed E-state index contributed by atoms with van der Waals surface area (Å²) in [6.45, 7) is 0. The fourth-order valence-corrected chi connectivity index (χ4v) is 6.94. The van der Waals surface area contributed by atoms with Gasteiger partial charge in [0.15, 0.2) is 34.9 Å². The van der Waals surface area contributed by atoms with Crippen LogP contribution >= 0.6 is 0 Å². The third-order valence-corrected chi connectivity index (χ3v) is 9.68. The van der Waals surface area contributed by atoms with Gasteiger partial charge in [0.2, 0.25) is 0 Å². The standard InChI is InChI=1S/C49H32N8/c1-6-18-33(19-7-1)43-51-44(34-20-8-2-9-21-34)54-47(53-43)38-30-39(48-55-45(35-22-10-3-11-23-35)52-46(56-48)36-24-12-4-13-25-36)32-40(31-38)57-42-29-17-16-28-41(42)50-49(57)37-26-14-5-15-27-37/h1-32H. The molecule has 0 atom stereocenters. The highest BCUT2D eigenvalue weighted by Gasteiger charge is 2.20. The third-order valence-electron chi connectivity index (χ3n) is 9.68. The molecule has 0 N–H and O–H groups in total. The van der Waals surface area contributed by atoms with E-state index in [1.807, 2.05) is 158 Å². The molecule has 0 aliphatic carbocycles. The van der Waals surface area contributed by atoms with E-state index in [1.54, 1.807) is 0 Å². The zero-order chi connectivity index (χ0) is 38.0. The average molecular weight is 733 g/mol. The minimum absolute atomic E-state index is 0.511. The van der Waals surface area contributed by atoms with Crippen LogP contribution in [0.5, 0.6) is 0 Å². The summed E-state index contributed by atoms with van der Waals surface area (Å²) in [6.07, 6.45) is 0. The Balaban J connectivity index is 1.27. The predicted molar refractivity (Wildman–Crippen MR) is 226 cm³/mol. The molecule has 3 heterocycles. The summed E-state index contributed by atoms with van der Waals surface area (Å²) in [7, 11) is 0. The maximum absolute atomic E-state index is 5.16. The van der Waals surface area contributed by atoms with Crippen molar-refractivity contribution in [1.82, 2.24) is 39.5 Å². The van der Waals surface area contributed by atoms with E-state index in [4.69, 9.17) is 34.9 Å². The van der Waals surface area contributed by atoms with Gasteiger partial charge in [0, 0.05) is 44.6 Å². The monoisotopic (exact) mass is 732 g/mol. The molecule has 0 spiro atoms. The Labute approximate surface area is 329 Å². The van der Waals surface area contributed by atoms with Crippen molar-refractivity contribution in [2.24, 2.45) is 0 Å². The van der Waals surface area contributed by atoms with Gasteiger partial charge in [0.25, 0.3) is 0 Å². The zero-order valence-electron chi connectivity index (χ0n) is 30.6. The first-order valence-electron chi connectivity index (χ1n) is 18.7. The number of para-hydroxylation sites is 2. The summed E-state index contributed by atoms with van der Waals surface area (Å²) in [4.78, 5) is 35.6. The van der Waals surface area contributed by atoms with Crippen molar-refractivity contribution in [3.63, 3.8) is 0 Å². The molecular weight excluding hydrogens is 701 g/mol. The first kappa shape index (κ1) is 33.6. The van der Waals surface area contributed by atoms with Crippen LogP contribution in [-0.2, 0) is 0 Å². The van der Waals surface area contributed by atoms with E-state index in [-0.39, 0.29) is 0 Å². The van der Waals surface area contributed by atoms with Gasteiger partial charge in [0.05, 0.1) is 11.0 Å². The molecule has 0 fully saturated rings. The molecule has 0 aliphatic heterocycles. The van der Waals surface area contributed by atoms with E-state index in [0.29, 0.717) is 34.9 Å². The number of hydrogen-bond donors (Lipinski definition) is 0. The fraction of sp³-hybridized carbons (Fsp3) is 0. The van der Waals surface area contributed by atoms with Crippen molar-refractivity contribution in [3.05, 3.63) is 194 Å². The van der Waals surface area contributed by atoms with Crippen LogP contribution in [0.25, 0.3) is 96.4 Å². The lowest BCUT2D eigenvalue weighted by molar-refractivity contribution is 1.06. The molecule has 8 nitrogen and oxygen atoms in total. The molecular formula is C49H32N8. The van der Waals surface area contributed by atoms with Crippen LogP contribution in [0, 0.1) is 0 Å². The second-order valence-electron chi connectivity index (χ2n) is 13.5. The van der Waals surface area contributed by atoms with Crippen LogP contribution in [0.15, 0.2) is 194 Å². The molecule has 0 saturated carbocycles. The highest BCUT2D eigenvalue weighted by atomic mass is 15.1. The molecule has 0 bridgehead atoms. The van der Waals surface area contributed by atoms with Gasteiger partial charge in [-0.1, -0.05) is 164 Å². The third kappa shape index (κ3) is 6.72. The molecule has 0 saturated heterocycles. The molecule has 0 unspecified atom stereocenters. The number of aromatic nitrogens is 8. The SMILES string of the molecule is c1ccc(-c2nc(-c3ccccc3)nc(-c3cc(-c4nc(-c5ccccc5)nc(-c5ccccc5)n4)cc(-n4c(-c5ccccc5)nc5ccccc54)c3)n2)cc1. The largest absolute Gasteiger partial charge is 0.292 e. The highest BCUT2D eigenvalue weighted by Crippen LogP contribution is 2.35. The van der Waals surface area contributed by atoms with Gasteiger partial charge in [0.1, 0.15) is 5.82 Å². The molecule has 0 aliphatic rings. The van der Waals surface area contributed by atoms with E-state index in [9.17, 15) is 0 Å². The van der Waals surface area contributed by atoms with E-state index >= 15 is 0 Å². The Morgan fingerprint density at radius 2 is 0.579 bits per heavy atom. The normalized spacial score (nSPS) is 11.2. The lowest BCUT2D eigenvalue weighted by atomic mass is 10.1. The van der Waals surface area contributed by atoms with Crippen LogP contribution in [0.1, 0.15) is 0 Å². The Bertz CT molecular complexity index is 2730. The summed E-state index contributed by atoms with van der Waals surface area (Å²) in [5.41, 5.74) is 8.74.